The Morgan fingerprint density at radius 2 is 0.723 bits per heavy atom. The molecule has 0 saturated carbocycles. The van der Waals surface area contributed by atoms with Gasteiger partial charge in [-0.1, -0.05) is 191 Å². The smallest absolute Gasteiger partial charge is 0.0465 e. The van der Waals surface area contributed by atoms with Gasteiger partial charge >= 0.3 is 0 Å². The van der Waals surface area contributed by atoms with E-state index in [0.29, 0.717) is 0 Å². The lowest BCUT2D eigenvalue weighted by molar-refractivity contribution is 0.660. The number of hydrogen-bond acceptors (Lipinski definition) is 1. The highest BCUT2D eigenvalue weighted by Gasteiger charge is 2.37. The van der Waals surface area contributed by atoms with Gasteiger partial charge in [0.15, 0.2) is 0 Å². The van der Waals surface area contributed by atoms with Gasteiger partial charge in [-0.05, 0) is 158 Å². The topological polar surface area (TPSA) is 3.24 Å². The van der Waals surface area contributed by atoms with E-state index in [1.165, 1.54) is 110 Å². The van der Waals surface area contributed by atoms with Gasteiger partial charge < -0.3 is 4.90 Å². The third-order valence-electron chi connectivity index (χ3n) is 15.0. The van der Waals surface area contributed by atoms with Crippen molar-refractivity contribution < 1.29 is 0 Å². The fourth-order valence-corrected chi connectivity index (χ4v) is 11.8. The fourth-order valence-electron chi connectivity index (χ4n) is 11.8. The molecule has 65 heavy (non-hydrogen) atoms. The Bertz CT molecular complexity index is 3650. The first-order valence-corrected chi connectivity index (χ1v) is 23.0. The minimum absolute atomic E-state index is 0.115. The number of nitrogens with zero attached hydrogens (tertiary/aromatic N) is 1. The highest BCUT2D eigenvalue weighted by atomic mass is 15.1. The molecule has 2 aliphatic carbocycles. The molecule has 0 bridgehead atoms. The van der Waals surface area contributed by atoms with Gasteiger partial charge in [0.25, 0.3) is 0 Å². The Balaban J connectivity index is 0.986. The lowest BCUT2D eigenvalue weighted by atomic mass is 9.82. The molecule has 0 atom stereocenters. The van der Waals surface area contributed by atoms with E-state index in [1.54, 1.807) is 0 Å². The quantitative estimate of drug-likeness (QED) is 0.156. The molecule has 308 valence electrons. The van der Waals surface area contributed by atoms with Gasteiger partial charge in [-0.2, -0.15) is 0 Å². The molecule has 0 spiro atoms. The van der Waals surface area contributed by atoms with Crippen molar-refractivity contribution in [2.24, 2.45) is 0 Å². The van der Waals surface area contributed by atoms with E-state index in [9.17, 15) is 0 Å². The van der Waals surface area contributed by atoms with Crippen LogP contribution in [-0.2, 0) is 10.8 Å². The van der Waals surface area contributed by atoms with Crippen molar-refractivity contribution in [2.45, 2.75) is 38.5 Å². The molecule has 0 unspecified atom stereocenters. The van der Waals surface area contributed by atoms with Gasteiger partial charge in [0.2, 0.25) is 0 Å². The van der Waals surface area contributed by atoms with Crippen molar-refractivity contribution in [1.82, 2.24) is 0 Å². The number of benzene rings is 11. The van der Waals surface area contributed by atoms with Crippen LogP contribution in [0.2, 0.25) is 0 Å². The predicted octanol–water partition coefficient (Wildman–Crippen LogP) is 17.7. The van der Waals surface area contributed by atoms with Crippen LogP contribution in [0.4, 0.5) is 17.1 Å². The largest absolute Gasteiger partial charge is 0.310 e. The Labute approximate surface area is 380 Å². The van der Waals surface area contributed by atoms with Crippen LogP contribution in [0, 0.1) is 0 Å². The summed E-state index contributed by atoms with van der Waals surface area (Å²) >= 11 is 0. The first-order chi connectivity index (χ1) is 31.8. The summed E-state index contributed by atoms with van der Waals surface area (Å²) in [6, 6.07) is 79.6. The lowest BCUT2D eigenvalue weighted by Gasteiger charge is -2.30. The monoisotopic (exact) mass is 829 g/mol. The molecule has 11 aromatic rings. The van der Waals surface area contributed by atoms with E-state index in [2.05, 4.69) is 245 Å². The van der Waals surface area contributed by atoms with Crippen LogP contribution in [0.1, 0.15) is 49.9 Å². The molecule has 1 heteroatoms. The summed E-state index contributed by atoms with van der Waals surface area (Å²) in [7, 11) is 0. The van der Waals surface area contributed by atoms with Gasteiger partial charge in [0, 0.05) is 27.9 Å². The van der Waals surface area contributed by atoms with Crippen LogP contribution in [0.5, 0.6) is 0 Å². The lowest BCUT2D eigenvalue weighted by Crippen LogP contribution is -2.18. The summed E-state index contributed by atoms with van der Waals surface area (Å²) < 4.78 is 0. The van der Waals surface area contributed by atoms with Gasteiger partial charge in [0.1, 0.15) is 0 Å². The first-order valence-electron chi connectivity index (χ1n) is 23.0. The number of fused-ring (bicyclic) bond motifs is 14. The Morgan fingerprint density at radius 3 is 1.34 bits per heavy atom. The van der Waals surface area contributed by atoms with Crippen molar-refractivity contribution in [2.75, 3.05) is 4.90 Å². The Kier molecular flexibility index (Phi) is 8.07. The van der Waals surface area contributed by atoms with Crippen molar-refractivity contribution in [1.29, 1.82) is 0 Å². The summed E-state index contributed by atoms with van der Waals surface area (Å²) in [4.78, 5) is 2.48. The third kappa shape index (κ3) is 5.52. The second kappa shape index (κ2) is 13.9. The van der Waals surface area contributed by atoms with E-state index < -0.39 is 0 Å². The zero-order valence-corrected chi connectivity index (χ0v) is 37.2. The molecule has 0 fully saturated rings. The molecule has 11 aromatic carbocycles. The summed E-state index contributed by atoms with van der Waals surface area (Å²) in [5, 5.41) is 10.3. The second-order valence-corrected chi connectivity index (χ2v) is 19.2. The van der Waals surface area contributed by atoms with Crippen LogP contribution in [-0.4, -0.2) is 0 Å². The molecule has 0 aliphatic heterocycles. The number of hydrogen-bond donors (Lipinski definition) is 0. The summed E-state index contributed by atoms with van der Waals surface area (Å²) in [6.45, 7) is 9.49. The van der Waals surface area contributed by atoms with Crippen LogP contribution < -0.4 is 4.90 Å². The van der Waals surface area contributed by atoms with E-state index >= 15 is 0 Å². The minimum Gasteiger partial charge on any atom is -0.310 e. The van der Waals surface area contributed by atoms with Crippen LogP contribution in [0.3, 0.4) is 0 Å². The highest BCUT2D eigenvalue weighted by molar-refractivity contribution is 6.33. The minimum atomic E-state index is -0.115. The molecule has 0 N–H and O–H groups in total. The molecule has 13 rings (SSSR count). The summed E-state index contributed by atoms with van der Waals surface area (Å²) in [5.41, 5.74) is 19.0. The number of rotatable bonds is 5. The van der Waals surface area contributed by atoms with Gasteiger partial charge in [0.05, 0.1) is 0 Å². The van der Waals surface area contributed by atoms with Gasteiger partial charge in [-0.25, -0.2) is 0 Å². The first kappa shape index (κ1) is 37.8. The van der Waals surface area contributed by atoms with Crippen LogP contribution in [0.15, 0.2) is 212 Å². The molecule has 1 nitrogen and oxygen atoms in total. The van der Waals surface area contributed by atoms with Crippen LogP contribution in [0.25, 0.3) is 87.6 Å². The predicted molar refractivity (Wildman–Crippen MR) is 277 cm³/mol. The van der Waals surface area contributed by atoms with E-state index in [0.717, 1.165) is 17.1 Å². The summed E-state index contributed by atoms with van der Waals surface area (Å²) in [6.07, 6.45) is 0. The normalized spacial score (nSPS) is 14.1. The maximum absolute atomic E-state index is 2.48. The molecule has 0 aromatic heterocycles. The van der Waals surface area contributed by atoms with E-state index in [-0.39, 0.29) is 10.8 Å². The molecule has 0 saturated heterocycles. The Morgan fingerprint density at radius 1 is 0.262 bits per heavy atom. The van der Waals surface area contributed by atoms with Crippen molar-refractivity contribution >= 4 is 60.2 Å². The third-order valence-corrected chi connectivity index (χ3v) is 15.0. The summed E-state index contributed by atoms with van der Waals surface area (Å²) in [5.74, 6) is 0. The fraction of sp³-hybridized carbons (Fsp3) is 0.0938. The van der Waals surface area contributed by atoms with Gasteiger partial charge in [-0.3, -0.25) is 0 Å². The van der Waals surface area contributed by atoms with Crippen molar-refractivity contribution in [3.63, 3.8) is 0 Å². The molecular formula is C64H47N. The molecule has 0 heterocycles. The van der Waals surface area contributed by atoms with Crippen LogP contribution >= 0.6 is 0 Å². The molecule has 0 amide bonds. The molecule has 0 radical (unpaired) electrons. The maximum atomic E-state index is 2.48. The number of anilines is 3. The zero-order chi connectivity index (χ0) is 43.6. The van der Waals surface area contributed by atoms with Crippen molar-refractivity contribution in [3.8, 4) is 44.5 Å². The molecule has 2 aliphatic rings. The van der Waals surface area contributed by atoms with E-state index in [4.69, 9.17) is 0 Å². The SMILES string of the molecule is CC1(C)c2ccccc2-c2ccc(N(c3ccc(-c4cc5c6ccccc6c6cc(-c7ccccc7)ccc6c5c5ccccc45)cc3)c3ccc4c(c3)C(C)(C)c3ccccc3-4)cc21. The Hall–Kier alpha value is -7.74. The average Bonchev–Trinajstić information content (AvgIpc) is 3.73. The van der Waals surface area contributed by atoms with E-state index in [1.807, 2.05) is 0 Å². The zero-order valence-electron chi connectivity index (χ0n) is 37.2. The standard InChI is InChI=1S/C64H47N/c1-63(2)58-24-14-12-21-49(58)51-34-31-44(37-60(51)63)65(45-32-35-52-50-22-13-15-25-59(50)64(3,4)61(52)38-45)43-29-26-41(27-30-43)55-39-57-47-19-9-8-18-46(47)56-36-42(40-16-6-5-7-17-40)28-33-54(56)62(57)53-23-11-10-20-48(53)55/h5-39H,1-4H3. The second-order valence-electron chi connectivity index (χ2n) is 19.2. The van der Waals surface area contributed by atoms with Gasteiger partial charge in [-0.15, -0.1) is 0 Å². The average molecular weight is 830 g/mol. The maximum Gasteiger partial charge on any atom is 0.0465 e. The molecular weight excluding hydrogens is 783 g/mol. The highest BCUT2D eigenvalue weighted by Crippen LogP contribution is 2.53. The van der Waals surface area contributed by atoms with Crippen molar-refractivity contribution in [3.05, 3.63) is 235 Å².